The van der Waals surface area contributed by atoms with E-state index in [0.717, 1.165) is 31.2 Å². The molecule has 0 radical (unpaired) electrons. The van der Waals surface area contributed by atoms with Crippen LogP contribution in [-0.4, -0.2) is 45.7 Å². The van der Waals surface area contributed by atoms with Crippen molar-refractivity contribution in [1.29, 1.82) is 0 Å². The van der Waals surface area contributed by atoms with E-state index in [0.29, 0.717) is 41.9 Å². The summed E-state index contributed by atoms with van der Waals surface area (Å²) in [4.78, 5) is 45.3. The maximum atomic E-state index is 15.7. The first-order chi connectivity index (χ1) is 23.2. The van der Waals surface area contributed by atoms with Crippen molar-refractivity contribution in [3.63, 3.8) is 0 Å². The molecular formula is C39H44ClF2N3O4. The van der Waals surface area contributed by atoms with E-state index in [2.05, 4.69) is 33.0 Å². The highest BCUT2D eigenvalue weighted by Crippen LogP contribution is 2.50. The lowest BCUT2D eigenvalue weighted by atomic mass is 9.69. The molecule has 2 aliphatic rings. The summed E-state index contributed by atoms with van der Waals surface area (Å²) in [6.45, 7) is 8.83. The van der Waals surface area contributed by atoms with E-state index in [-0.39, 0.29) is 52.5 Å². The van der Waals surface area contributed by atoms with Crippen molar-refractivity contribution in [3.05, 3.63) is 94.0 Å². The van der Waals surface area contributed by atoms with E-state index >= 15 is 4.39 Å². The fraction of sp³-hybridized carbons (Fsp3) is 0.436. The van der Waals surface area contributed by atoms with Gasteiger partial charge in [0.15, 0.2) is 0 Å². The van der Waals surface area contributed by atoms with Crippen LogP contribution in [0.15, 0.2) is 65.7 Å². The predicted molar refractivity (Wildman–Crippen MR) is 188 cm³/mol. The standard InChI is InChI=1S/C39H44ClF2N3O4/c1-5-6-7-33(24-8-10-25(11-9-24)36(48)43-21-18-34(46)47)45-37(49)35(44-39(45)19-16-28(17-20-39)38(2,3)4)27-12-14-29(31(41)23-27)26-13-15-30(40)32(42)22-26/h8-15,22-23,28,33H,5-7,16-21H2,1-4H3,(H,43,48)(H,46,47). The van der Waals surface area contributed by atoms with Gasteiger partial charge in [0.1, 0.15) is 23.0 Å². The molecule has 1 atom stereocenters. The average molecular weight is 692 g/mol. The first-order valence-corrected chi connectivity index (χ1v) is 17.4. The lowest BCUT2D eigenvalue weighted by molar-refractivity contribution is -0.137. The molecule has 1 aliphatic carbocycles. The summed E-state index contributed by atoms with van der Waals surface area (Å²) in [6, 6.07) is 15.4. The third-order valence-electron chi connectivity index (χ3n) is 10.00. The van der Waals surface area contributed by atoms with Crippen LogP contribution in [0.4, 0.5) is 8.78 Å². The van der Waals surface area contributed by atoms with Gasteiger partial charge < -0.3 is 15.3 Å². The van der Waals surface area contributed by atoms with Crippen molar-refractivity contribution in [2.75, 3.05) is 6.54 Å². The molecule has 260 valence electrons. The first kappa shape index (κ1) is 36.2. The number of carboxylic acids is 1. The Labute approximate surface area is 291 Å². The number of amides is 2. The number of carbonyl (C=O) groups excluding carboxylic acids is 2. The van der Waals surface area contributed by atoms with Gasteiger partial charge in [-0.05, 0) is 84.9 Å². The number of aliphatic carboxylic acids is 1. The van der Waals surface area contributed by atoms with Gasteiger partial charge in [-0.3, -0.25) is 19.4 Å². The van der Waals surface area contributed by atoms with Crippen molar-refractivity contribution < 1.29 is 28.3 Å². The highest BCUT2D eigenvalue weighted by Gasteiger charge is 2.52. The van der Waals surface area contributed by atoms with Crippen LogP contribution in [0.3, 0.4) is 0 Å². The van der Waals surface area contributed by atoms with Crippen molar-refractivity contribution in [3.8, 4) is 11.1 Å². The van der Waals surface area contributed by atoms with Gasteiger partial charge in [0.2, 0.25) is 0 Å². The Bertz CT molecular complexity index is 1740. The monoisotopic (exact) mass is 691 g/mol. The number of nitrogens with zero attached hydrogens (tertiary/aromatic N) is 2. The van der Waals surface area contributed by atoms with Crippen LogP contribution in [0.1, 0.15) is 107 Å². The van der Waals surface area contributed by atoms with Gasteiger partial charge in [0.25, 0.3) is 11.8 Å². The van der Waals surface area contributed by atoms with Crippen molar-refractivity contribution in [1.82, 2.24) is 10.2 Å². The normalized spacial score (nSPS) is 20.0. The molecule has 49 heavy (non-hydrogen) atoms. The summed E-state index contributed by atoms with van der Waals surface area (Å²) >= 11 is 5.84. The number of nitrogens with one attached hydrogen (secondary N) is 1. The summed E-state index contributed by atoms with van der Waals surface area (Å²) < 4.78 is 29.9. The molecule has 1 aliphatic heterocycles. The van der Waals surface area contributed by atoms with E-state index in [1.165, 1.54) is 18.2 Å². The Balaban J connectivity index is 1.51. The molecule has 3 aromatic rings. The van der Waals surface area contributed by atoms with Crippen molar-refractivity contribution in [2.45, 2.75) is 90.8 Å². The lowest BCUT2D eigenvalue weighted by Gasteiger charge is -2.47. The molecule has 0 aromatic heterocycles. The average Bonchev–Trinajstić information content (AvgIpc) is 3.33. The summed E-state index contributed by atoms with van der Waals surface area (Å²) in [7, 11) is 0. The number of benzene rings is 3. The zero-order chi connectivity index (χ0) is 35.5. The molecule has 0 bridgehead atoms. The quantitative estimate of drug-likeness (QED) is 0.210. The fourth-order valence-electron chi connectivity index (χ4n) is 7.18. The van der Waals surface area contributed by atoms with Gasteiger partial charge in [-0.2, -0.15) is 0 Å². The number of hydrogen-bond acceptors (Lipinski definition) is 4. The molecule has 1 saturated carbocycles. The van der Waals surface area contributed by atoms with E-state index in [1.54, 1.807) is 30.3 Å². The maximum absolute atomic E-state index is 15.7. The van der Waals surface area contributed by atoms with E-state index in [4.69, 9.17) is 21.7 Å². The molecule has 7 nitrogen and oxygen atoms in total. The molecule has 1 unspecified atom stereocenters. The molecule has 10 heteroatoms. The van der Waals surface area contributed by atoms with Gasteiger partial charge in [0.05, 0.1) is 17.5 Å². The van der Waals surface area contributed by atoms with Gasteiger partial charge in [0, 0.05) is 23.2 Å². The van der Waals surface area contributed by atoms with Crippen LogP contribution in [0.2, 0.25) is 5.02 Å². The first-order valence-electron chi connectivity index (χ1n) is 17.0. The Morgan fingerprint density at radius 1 is 1.02 bits per heavy atom. The Morgan fingerprint density at radius 2 is 1.67 bits per heavy atom. The fourth-order valence-corrected chi connectivity index (χ4v) is 7.29. The van der Waals surface area contributed by atoms with Gasteiger partial charge in [-0.25, -0.2) is 8.78 Å². The van der Waals surface area contributed by atoms with Crippen LogP contribution in [0, 0.1) is 23.0 Å². The Hall–Kier alpha value is -4.11. The molecule has 0 saturated heterocycles. The van der Waals surface area contributed by atoms with Gasteiger partial charge >= 0.3 is 5.97 Å². The molecule has 1 fully saturated rings. The van der Waals surface area contributed by atoms with Crippen LogP contribution >= 0.6 is 11.6 Å². The van der Waals surface area contributed by atoms with Gasteiger partial charge in [-0.15, -0.1) is 0 Å². The van der Waals surface area contributed by atoms with Crippen LogP contribution in [-0.2, 0) is 9.59 Å². The second-order valence-corrected chi connectivity index (χ2v) is 14.7. The number of aliphatic imine (C=N–C) groups is 1. The minimum Gasteiger partial charge on any atom is -0.481 e. The summed E-state index contributed by atoms with van der Waals surface area (Å²) in [5.41, 5.74) is 1.64. The molecule has 1 spiro atoms. The zero-order valence-electron chi connectivity index (χ0n) is 28.5. The number of hydrogen-bond donors (Lipinski definition) is 2. The summed E-state index contributed by atoms with van der Waals surface area (Å²) in [6.07, 6.45) is 5.37. The summed E-state index contributed by atoms with van der Waals surface area (Å²) in [5.74, 6) is -2.42. The second-order valence-electron chi connectivity index (χ2n) is 14.3. The molecule has 3 aromatic carbocycles. The van der Waals surface area contributed by atoms with E-state index < -0.39 is 23.3 Å². The van der Waals surface area contributed by atoms with E-state index in [1.807, 2.05) is 17.0 Å². The molecule has 1 heterocycles. The van der Waals surface area contributed by atoms with Crippen LogP contribution < -0.4 is 5.32 Å². The Morgan fingerprint density at radius 3 is 2.27 bits per heavy atom. The topological polar surface area (TPSA) is 99.1 Å². The number of carboxylic acid groups (broad SMARTS) is 1. The smallest absolute Gasteiger partial charge is 0.305 e. The lowest BCUT2D eigenvalue weighted by Crippen LogP contribution is -2.51. The number of unbranched alkanes of at least 4 members (excludes halogenated alkanes) is 1. The Kier molecular flexibility index (Phi) is 10.9. The maximum Gasteiger partial charge on any atom is 0.305 e. The second kappa shape index (κ2) is 14.8. The van der Waals surface area contributed by atoms with Crippen molar-refractivity contribution >= 4 is 35.1 Å². The SMILES string of the molecule is CCCCC(c1ccc(C(=O)NCCC(=O)O)cc1)N1C(=O)C(c2ccc(-c3ccc(Cl)c(F)c3)c(F)c2)=NC12CCC(C(C)(C)C)CC2. The highest BCUT2D eigenvalue weighted by molar-refractivity contribution is 6.46. The third kappa shape index (κ3) is 7.88. The van der Waals surface area contributed by atoms with Crippen LogP contribution in [0.25, 0.3) is 11.1 Å². The predicted octanol–water partition coefficient (Wildman–Crippen LogP) is 8.99. The summed E-state index contributed by atoms with van der Waals surface area (Å²) in [5, 5.41) is 11.5. The largest absolute Gasteiger partial charge is 0.481 e. The minimum absolute atomic E-state index is 0.0215. The third-order valence-corrected chi connectivity index (χ3v) is 10.3. The number of rotatable bonds is 11. The van der Waals surface area contributed by atoms with Crippen molar-refractivity contribution in [2.24, 2.45) is 16.3 Å². The van der Waals surface area contributed by atoms with E-state index in [9.17, 15) is 18.8 Å². The molecule has 5 rings (SSSR count). The molecular weight excluding hydrogens is 648 g/mol. The van der Waals surface area contributed by atoms with Gasteiger partial charge in [-0.1, -0.05) is 82.5 Å². The zero-order valence-corrected chi connectivity index (χ0v) is 29.2. The van der Waals surface area contributed by atoms with Crippen LogP contribution in [0.5, 0.6) is 0 Å². The molecule has 2 N–H and O–H groups in total. The number of halogens is 3. The molecule has 2 amide bonds. The minimum atomic E-state index is -0.993. The highest BCUT2D eigenvalue weighted by atomic mass is 35.5. The number of carbonyl (C=O) groups is 3.